The van der Waals surface area contributed by atoms with E-state index in [-0.39, 0.29) is 23.5 Å². The van der Waals surface area contributed by atoms with Gasteiger partial charge < -0.3 is 4.74 Å². The van der Waals surface area contributed by atoms with E-state index < -0.39 is 0 Å². The van der Waals surface area contributed by atoms with Gasteiger partial charge in [0.15, 0.2) is 0 Å². The summed E-state index contributed by atoms with van der Waals surface area (Å²) in [6, 6.07) is 12.2. The van der Waals surface area contributed by atoms with Crippen molar-refractivity contribution in [1.29, 1.82) is 0 Å². The lowest BCUT2D eigenvalue weighted by Gasteiger charge is -2.12. The van der Waals surface area contributed by atoms with Crippen LogP contribution in [0.3, 0.4) is 0 Å². The number of benzene rings is 2. The second-order valence-corrected chi connectivity index (χ2v) is 7.98. The van der Waals surface area contributed by atoms with Crippen LogP contribution in [0.25, 0.3) is 0 Å². The van der Waals surface area contributed by atoms with Crippen molar-refractivity contribution in [3.63, 3.8) is 0 Å². The Morgan fingerprint density at radius 2 is 1.57 bits per heavy atom. The fourth-order valence-electron chi connectivity index (χ4n) is 2.55. The molecule has 0 aliphatic rings. The summed E-state index contributed by atoms with van der Waals surface area (Å²) < 4.78 is 30.7. The Morgan fingerprint density at radius 3 is 2.00 bits per heavy atom. The summed E-state index contributed by atoms with van der Waals surface area (Å²) >= 11 is 3.37. The summed E-state index contributed by atoms with van der Waals surface area (Å²) in [6.45, 7) is 7.90. The molecule has 2 nitrogen and oxygen atoms in total. The van der Waals surface area contributed by atoms with Crippen LogP contribution in [0.2, 0.25) is 0 Å². The first-order valence-corrected chi connectivity index (χ1v) is 11.5. The molecule has 1 atom stereocenters. The standard InChI is InChI=1S/C13H17BrF2.C8H10.C4H8O2/c1-10(5-3-2-4-8-14)12-9-11(15)6-7-13(12)16;1-7-3-5-8(2)6-4-7;1-3-4(5)6-2/h6-7,9-10H,2-5,8H2,1H3;3-6H,1-2H3;3H2,1-2H3. The lowest BCUT2D eigenvalue weighted by Crippen LogP contribution is -1.98. The Balaban J connectivity index is 0.000000497. The number of methoxy groups -OCH3 is 1. The number of halogens is 3. The van der Waals surface area contributed by atoms with Crippen LogP contribution in [0.5, 0.6) is 0 Å². The third-order valence-corrected chi connectivity index (χ3v) is 5.06. The topological polar surface area (TPSA) is 26.3 Å². The molecule has 30 heavy (non-hydrogen) atoms. The minimum atomic E-state index is -0.358. The summed E-state index contributed by atoms with van der Waals surface area (Å²) in [4.78, 5) is 9.96. The van der Waals surface area contributed by atoms with Gasteiger partial charge in [0.25, 0.3) is 0 Å². The summed E-state index contributed by atoms with van der Waals surface area (Å²) in [5.74, 6) is -0.723. The fraction of sp³-hybridized carbons (Fsp3) is 0.480. The first-order chi connectivity index (χ1) is 14.2. The highest BCUT2D eigenvalue weighted by atomic mass is 79.9. The average Bonchev–Trinajstić information content (AvgIpc) is 2.75. The maximum atomic E-state index is 13.4. The SMILES string of the molecule is CC(CCCCCBr)c1cc(F)ccc1F.CCC(=O)OC.Cc1ccc(C)cc1. The Bertz CT molecular complexity index is 691. The van der Waals surface area contributed by atoms with Crippen LogP contribution in [0, 0.1) is 25.5 Å². The molecule has 0 saturated carbocycles. The maximum Gasteiger partial charge on any atom is 0.305 e. The van der Waals surface area contributed by atoms with Crippen molar-refractivity contribution in [2.75, 3.05) is 12.4 Å². The fourth-order valence-corrected chi connectivity index (χ4v) is 2.95. The second kappa shape index (κ2) is 17.0. The van der Waals surface area contributed by atoms with Crippen LogP contribution in [0.15, 0.2) is 42.5 Å². The molecule has 0 fully saturated rings. The molecular weight excluding hydrogens is 450 g/mol. The van der Waals surface area contributed by atoms with Gasteiger partial charge in [-0.1, -0.05) is 78.0 Å². The van der Waals surface area contributed by atoms with E-state index in [1.54, 1.807) is 6.92 Å². The van der Waals surface area contributed by atoms with Gasteiger partial charge in [0.05, 0.1) is 7.11 Å². The molecule has 0 amide bonds. The summed E-state index contributed by atoms with van der Waals surface area (Å²) in [5.41, 5.74) is 3.16. The highest BCUT2D eigenvalue weighted by Gasteiger charge is 2.11. The van der Waals surface area contributed by atoms with Gasteiger partial charge in [-0.3, -0.25) is 4.79 Å². The van der Waals surface area contributed by atoms with Gasteiger partial charge >= 0.3 is 5.97 Å². The molecule has 2 rings (SSSR count). The van der Waals surface area contributed by atoms with Gasteiger partial charge in [-0.05, 0) is 56.4 Å². The molecule has 0 bridgehead atoms. The van der Waals surface area contributed by atoms with Crippen molar-refractivity contribution in [1.82, 2.24) is 0 Å². The van der Waals surface area contributed by atoms with Crippen molar-refractivity contribution in [3.05, 3.63) is 70.8 Å². The van der Waals surface area contributed by atoms with E-state index in [1.165, 1.54) is 30.4 Å². The van der Waals surface area contributed by atoms with Crippen LogP contribution in [-0.2, 0) is 9.53 Å². The monoisotopic (exact) mass is 484 g/mol. The second-order valence-electron chi connectivity index (χ2n) is 7.19. The minimum absolute atomic E-state index is 0.0889. The van der Waals surface area contributed by atoms with E-state index in [0.717, 1.165) is 37.1 Å². The van der Waals surface area contributed by atoms with Crippen molar-refractivity contribution in [3.8, 4) is 0 Å². The van der Waals surface area contributed by atoms with Crippen LogP contribution in [-0.4, -0.2) is 18.4 Å². The highest BCUT2D eigenvalue weighted by molar-refractivity contribution is 9.09. The normalized spacial score (nSPS) is 10.8. The summed E-state index contributed by atoms with van der Waals surface area (Å²) in [7, 11) is 1.38. The Labute approximate surface area is 189 Å². The molecule has 0 saturated heterocycles. The number of unbranched alkanes of at least 4 members (excludes halogenated alkanes) is 2. The molecule has 0 aromatic heterocycles. The summed E-state index contributed by atoms with van der Waals surface area (Å²) in [6.07, 6.45) is 4.71. The Hall–Kier alpha value is -1.75. The number of ether oxygens (including phenoxy) is 1. The zero-order valence-corrected chi connectivity index (χ0v) is 20.4. The van der Waals surface area contributed by atoms with Crippen LogP contribution < -0.4 is 0 Å². The largest absolute Gasteiger partial charge is 0.469 e. The molecule has 0 N–H and O–H groups in total. The van der Waals surface area contributed by atoms with E-state index >= 15 is 0 Å². The first-order valence-electron chi connectivity index (χ1n) is 10.4. The lowest BCUT2D eigenvalue weighted by molar-refractivity contribution is -0.140. The quantitative estimate of drug-likeness (QED) is 0.226. The van der Waals surface area contributed by atoms with Gasteiger partial charge in [-0.15, -0.1) is 0 Å². The van der Waals surface area contributed by atoms with Crippen molar-refractivity contribution >= 4 is 21.9 Å². The van der Waals surface area contributed by atoms with Crippen LogP contribution in [0.1, 0.15) is 68.6 Å². The number of alkyl halides is 1. The zero-order valence-electron chi connectivity index (χ0n) is 18.8. The van der Waals surface area contributed by atoms with Gasteiger partial charge in [0.1, 0.15) is 11.6 Å². The van der Waals surface area contributed by atoms with Crippen molar-refractivity contribution < 1.29 is 18.3 Å². The number of carbonyl (C=O) groups excluding carboxylic acids is 1. The molecule has 2 aromatic rings. The molecule has 1 unspecified atom stereocenters. The molecule has 0 aliphatic heterocycles. The molecule has 0 heterocycles. The molecule has 0 spiro atoms. The molecule has 0 aliphatic carbocycles. The number of aryl methyl sites for hydroxylation is 2. The van der Waals surface area contributed by atoms with E-state index in [1.807, 2.05) is 6.92 Å². The highest BCUT2D eigenvalue weighted by Crippen LogP contribution is 2.25. The molecular formula is C25H35BrF2O2. The Morgan fingerprint density at radius 1 is 1.00 bits per heavy atom. The predicted octanol–water partition coefficient (Wildman–Crippen LogP) is 7.90. The van der Waals surface area contributed by atoms with Gasteiger partial charge in [-0.2, -0.15) is 0 Å². The number of esters is 1. The number of hydrogen-bond acceptors (Lipinski definition) is 2. The van der Waals surface area contributed by atoms with E-state index in [9.17, 15) is 13.6 Å². The number of carbonyl (C=O) groups is 1. The summed E-state index contributed by atoms with van der Waals surface area (Å²) in [5, 5.41) is 1.01. The van der Waals surface area contributed by atoms with Crippen molar-refractivity contribution in [2.45, 2.75) is 65.7 Å². The molecule has 168 valence electrons. The first kappa shape index (κ1) is 28.2. The van der Waals surface area contributed by atoms with Gasteiger partial charge in [0.2, 0.25) is 0 Å². The van der Waals surface area contributed by atoms with Crippen LogP contribution >= 0.6 is 15.9 Å². The zero-order chi connectivity index (χ0) is 22.9. The van der Waals surface area contributed by atoms with E-state index in [0.29, 0.717) is 12.0 Å². The van der Waals surface area contributed by atoms with Gasteiger partial charge in [0, 0.05) is 11.8 Å². The van der Waals surface area contributed by atoms with Gasteiger partial charge in [-0.25, -0.2) is 8.78 Å². The molecule has 2 aromatic carbocycles. The van der Waals surface area contributed by atoms with Crippen LogP contribution in [0.4, 0.5) is 8.78 Å². The Kier molecular flexibility index (Phi) is 16.0. The lowest BCUT2D eigenvalue weighted by atomic mass is 9.94. The smallest absolute Gasteiger partial charge is 0.305 e. The van der Waals surface area contributed by atoms with E-state index in [4.69, 9.17) is 0 Å². The molecule has 5 heteroatoms. The number of rotatable bonds is 7. The maximum absolute atomic E-state index is 13.4. The third-order valence-electron chi connectivity index (χ3n) is 4.49. The average molecular weight is 485 g/mol. The minimum Gasteiger partial charge on any atom is -0.469 e. The van der Waals surface area contributed by atoms with Crippen molar-refractivity contribution in [2.24, 2.45) is 0 Å². The number of hydrogen-bond donors (Lipinski definition) is 0. The third kappa shape index (κ3) is 13.5. The van der Waals surface area contributed by atoms with E-state index in [2.05, 4.69) is 58.8 Å². The molecule has 0 radical (unpaired) electrons. The predicted molar refractivity (Wildman–Crippen MR) is 125 cm³/mol.